The summed E-state index contributed by atoms with van der Waals surface area (Å²) in [5, 5.41) is 13.6. The molecule has 1 aromatic heterocycles. The van der Waals surface area contributed by atoms with E-state index in [2.05, 4.69) is 9.88 Å². The average molecular weight is 481 g/mol. The Labute approximate surface area is 199 Å². The lowest BCUT2D eigenvalue weighted by Gasteiger charge is -2.28. The van der Waals surface area contributed by atoms with Crippen molar-refractivity contribution in [3.05, 3.63) is 45.3 Å². The molecular formula is C25H31Cl2FN2O2. The van der Waals surface area contributed by atoms with Gasteiger partial charge in [0, 0.05) is 17.8 Å². The molecule has 0 radical (unpaired) electrons. The van der Waals surface area contributed by atoms with E-state index >= 15 is 0 Å². The predicted molar refractivity (Wildman–Crippen MR) is 127 cm³/mol. The molecule has 2 atom stereocenters. The standard InChI is InChI=1S/C25H31Cl2FN2O2/c1-15-17(25(32)29-22-9-5-6-10-24(22)31)12-23(18-11-21(28)20(27)13-19(18)26)30(15)14-16-7-3-2-4-8-16/h11-13,16,22,24,31H,2-10,14H2,1H3,(H,29,32). The fourth-order valence-corrected chi connectivity index (χ4v) is 5.69. The van der Waals surface area contributed by atoms with Crippen molar-refractivity contribution in [1.82, 2.24) is 9.88 Å². The minimum Gasteiger partial charge on any atom is -0.391 e. The van der Waals surface area contributed by atoms with Crippen LogP contribution in [0, 0.1) is 18.7 Å². The molecule has 2 aliphatic rings. The Hall–Kier alpha value is -1.56. The van der Waals surface area contributed by atoms with E-state index in [9.17, 15) is 14.3 Å². The number of hydrogen-bond donors (Lipinski definition) is 2. The molecule has 1 aromatic carbocycles. The Morgan fingerprint density at radius 2 is 1.75 bits per heavy atom. The molecule has 0 saturated heterocycles. The van der Waals surface area contributed by atoms with Crippen molar-refractivity contribution < 1.29 is 14.3 Å². The third-order valence-corrected chi connectivity index (χ3v) is 7.71. The summed E-state index contributed by atoms with van der Waals surface area (Å²) in [6.07, 6.45) is 8.92. The first kappa shape index (κ1) is 23.6. The van der Waals surface area contributed by atoms with Gasteiger partial charge in [-0.2, -0.15) is 0 Å². The van der Waals surface area contributed by atoms with Crippen molar-refractivity contribution in [3.8, 4) is 11.3 Å². The molecule has 2 unspecified atom stereocenters. The van der Waals surface area contributed by atoms with Gasteiger partial charge >= 0.3 is 0 Å². The van der Waals surface area contributed by atoms with Gasteiger partial charge < -0.3 is 15.0 Å². The Balaban J connectivity index is 1.70. The Morgan fingerprint density at radius 3 is 2.47 bits per heavy atom. The Bertz CT molecular complexity index is 985. The van der Waals surface area contributed by atoms with Crippen LogP contribution in [0.15, 0.2) is 18.2 Å². The second-order valence-electron chi connectivity index (χ2n) is 9.32. The number of aliphatic hydroxyl groups is 1. The topological polar surface area (TPSA) is 54.3 Å². The van der Waals surface area contributed by atoms with Gasteiger partial charge in [0.25, 0.3) is 5.91 Å². The lowest BCUT2D eigenvalue weighted by atomic mass is 9.89. The van der Waals surface area contributed by atoms with Crippen LogP contribution in [0.1, 0.15) is 73.8 Å². The van der Waals surface area contributed by atoms with Crippen LogP contribution in [-0.4, -0.2) is 27.7 Å². The molecule has 1 amide bonds. The third kappa shape index (κ3) is 5.00. The summed E-state index contributed by atoms with van der Waals surface area (Å²) in [4.78, 5) is 13.2. The van der Waals surface area contributed by atoms with Crippen molar-refractivity contribution in [2.45, 2.75) is 83.4 Å². The molecular weight excluding hydrogens is 450 g/mol. The number of hydrogen-bond acceptors (Lipinski definition) is 2. The van der Waals surface area contributed by atoms with Crippen LogP contribution < -0.4 is 5.32 Å². The first-order valence-electron chi connectivity index (χ1n) is 11.7. The molecule has 2 aromatic rings. The number of nitrogens with zero attached hydrogens (tertiary/aromatic N) is 1. The number of nitrogens with one attached hydrogen (secondary N) is 1. The van der Waals surface area contributed by atoms with Crippen molar-refractivity contribution >= 4 is 29.1 Å². The summed E-state index contributed by atoms with van der Waals surface area (Å²) in [6.45, 7) is 2.69. The molecule has 2 aliphatic carbocycles. The van der Waals surface area contributed by atoms with Gasteiger partial charge in [0.1, 0.15) is 5.82 Å². The van der Waals surface area contributed by atoms with Crippen molar-refractivity contribution in [2.24, 2.45) is 5.92 Å². The second-order valence-corrected chi connectivity index (χ2v) is 10.1. The van der Waals surface area contributed by atoms with E-state index in [1.54, 1.807) is 6.07 Å². The molecule has 7 heteroatoms. The highest BCUT2D eigenvalue weighted by atomic mass is 35.5. The minimum atomic E-state index is -0.537. The van der Waals surface area contributed by atoms with Gasteiger partial charge in [-0.05, 0) is 56.7 Å². The molecule has 174 valence electrons. The fraction of sp³-hybridized carbons (Fsp3) is 0.560. The van der Waals surface area contributed by atoms with Crippen LogP contribution in [0.3, 0.4) is 0 Å². The summed E-state index contributed by atoms with van der Waals surface area (Å²) in [5.74, 6) is -0.228. The van der Waals surface area contributed by atoms with Gasteiger partial charge in [-0.15, -0.1) is 0 Å². The van der Waals surface area contributed by atoms with Crippen molar-refractivity contribution in [2.75, 3.05) is 0 Å². The zero-order chi connectivity index (χ0) is 22.8. The molecule has 1 heterocycles. The lowest BCUT2D eigenvalue weighted by Crippen LogP contribution is -2.45. The third-order valence-electron chi connectivity index (χ3n) is 7.11. The highest BCUT2D eigenvalue weighted by Crippen LogP contribution is 2.36. The Morgan fingerprint density at radius 1 is 1.06 bits per heavy atom. The van der Waals surface area contributed by atoms with Gasteiger partial charge in [-0.25, -0.2) is 4.39 Å². The Kier molecular flexibility index (Phi) is 7.48. The summed E-state index contributed by atoms with van der Waals surface area (Å²) >= 11 is 12.4. The van der Waals surface area contributed by atoms with Crippen molar-refractivity contribution in [3.63, 3.8) is 0 Å². The maximum Gasteiger partial charge on any atom is 0.253 e. The number of amides is 1. The summed E-state index contributed by atoms with van der Waals surface area (Å²) < 4.78 is 16.5. The second kappa shape index (κ2) is 10.1. The molecule has 0 spiro atoms. The van der Waals surface area contributed by atoms with E-state index in [0.29, 0.717) is 28.5 Å². The number of carbonyl (C=O) groups is 1. The van der Waals surface area contributed by atoms with Crippen LogP contribution >= 0.6 is 23.2 Å². The van der Waals surface area contributed by atoms with Crippen LogP contribution in [-0.2, 0) is 6.54 Å². The zero-order valence-electron chi connectivity index (χ0n) is 18.5. The van der Waals surface area contributed by atoms with Crippen molar-refractivity contribution in [1.29, 1.82) is 0 Å². The molecule has 2 saturated carbocycles. The van der Waals surface area contributed by atoms with Crippen LogP contribution in [0.4, 0.5) is 4.39 Å². The first-order chi connectivity index (χ1) is 15.3. The van der Waals surface area contributed by atoms with E-state index < -0.39 is 11.9 Å². The minimum absolute atomic E-state index is 0.0230. The largest absolute Gasteiger partial charge is 0.391 e. The maximum atomic E-state index is 14.3. The quantitative estimate of drug-likeness (QED) is 0.478. The molecule has 4 nitrogen and oxygen atoms in total. The average Bonchev–Trinajstić information content (AvgIpc) is 3.09. The molecule has 2 N–H and O–H groups in total. The lowest BCUT2D eigenvalue weighted by molar-refractivity contribution is 0.0716. The van der Waals surface area contributed by atoms with Gasteiger partial charge in [0.2, 0.25) is 0 Å². The highest BCUT2D eigenvalue weighted by molar-refractivity contribution is 6.36. The van der Waals surface area contributed by atoms with Gasteiger partial charge in [-0.3, -0.25) is 4.79 Å². The predicted octanol–water partition coefficient (Wildman–Crippen LogP) is 6.52. The fourth-order valence-electron chi connectivity index (χ4n) is 5.21. The molecule has 32 heavy (non-hydrogen) atoms. The van der Waals surface area contributed by atoms with E-state index in [1.807, 2.05) is 6.92 Å². The molecule has 4 rings (SSSR count). The molecule has 2 fully saturated rings. The highest BCUT2D eigenvalue weighted by Gasteiger charge is 2.28. The van der Waals surface area contributed by atoms with Crippen LogP contribution in [0.25, 0.3) is 11.3 Å². The summed E-state index contributed by atoms with van der Waals surface area (Å²) in [6, 6.07) is 4.33. The first-order valence-corrected chi connectivity index (χ1v) is 12.4. The zero-order valence-corrected chi connectivity index (χ0v) is 20.0. The summed E-state index contributed by atoms with van der Waals surface area (Å²) in [5.41, 5.74) is 2.63. The van der Waals surface area contributed by atoms with E-state index in [0.717, 1.165) is 50.0 Å². The number of aliphatic hydroxyl groups excluding tert-OH is 1. The number of halogens is 3. The SMILES string of the molecule is Cc1c(C(=O)NC2CCCCC2O)cc(-c2cc(F)c(Cl)cc2Cl)n1CC1CCCCC1. The van der Waals surface area contributed by atoms with E-state index in [4.69, 9.17) is 23.2 Å². The van der Waals surface area contributed by atoms with E-state index in [-0.39, 0.29) is 17.0 Å². The number of aromatic nitrogens is 1. The normalized spacial score (nSPS) is 22.2. The number of benzene rings is 1. The number of rotatable bonds is 5. The van der Waals surface area contributed by atoms with E-state index in [1.165, 1.54) is 31.4 Å². The van der Waals surface area contributed by atoms with Crippen LogP contribution in [0.5, 0.6) is 0 Å². The van der Waals surface area contributed by atoms with Crippen LogP contribution in [0.2, 0.25) is 10.0 Å². The monoisotopic (exact) mass is 480 g/mol. The van der Waals surface area contributed by atoms with Gasteiger partial charge in [0.05, 0.1) is 33.4 Å². The maximum absolute atomic E-state index is 14.3. The van der Waals surface area contributed by atoms with Gasteiger partial charge in [0.15, 0.2) is 0 Å². The smallest absolute Gasteiger partial charge is 0.253 e. The molecule has 0 bridgehead atoms. The molecule has 0 aliphatic heterocycles. The summed E-state index contributed by atoms with van der Waals surface area (Å²) in [7, 11) is 0. The van der Waals surface area contributed by atoms with Gasteiger partial charge in [-0.1, -0.05) is 55.3 Å². The number of carbonyl (C=O) groups excluding carboxylic acids is 1.